The molecule has 1 saturated carbocycles. The molecule has 0 aromatic heterocycles. The third-order valence-corrected chi connectivity index (χ3v) is 5.02. The molecule has 0 saturated heterocycles. The minimum absolute atomic E-state index is 0. The van der Waals surface area contributed by atoms with Crippen LogP contribution in [-0.2, 0) is 14.8 Å². The van der Waals surface area contributed by atoms with Gasteiger partial charge in [0, 0.05) is 17.4 Å². The zero-order valence-corrected chi connectivity index (χ0v) is 14.0. The van der Waals surface area contributed by atoms with Gasteiger partial charge in [0.2, 0.25) is 15.9 Å². The number of amides is 1. The number of sulfonamides is 1. The number of rotatable bonds is 5. The highest BCUT2D eigenvalue weighted by atomic mass is 35.5. The summed E-state index contributed by atoms with van der Waals surface area (Å²) in [7, 11) is -3.28. The van der Waals surface area contributed by atoms with Gasteiger partial charge in [-0.3, -0.25) is 9.52 Å². The molecule has 1 aliphatic carbocycles. The molecule has 2 unspecified atom stereocenters. The fraction of sp³-hybridized carbons (Fsp3) is 0.500. The Morgan fingerprint density at radius 2 is 1.82 bits per heavy atom. The van der Waals surface area contributed by atoms with Crippen molar-refractivity contribution in [1.29, 1.82) is 0 Å². The number of nitrogens with one attached hydrogen (secondary N) is 2. The molecule has 0 radical (unpaired) electrons. The van der Waals surface area contributed by atoms with E-state index in [0.29, 0.717) is 11.4 Å². The molecule has 2 atom stereocenters. The van der Waals surface area contributed by atoms with Crippen LogP contribution in [0.5, 0.6) is 0 Å². The van der Waals surface area contributed by atoms with Gasteiger partial charge in [0.05, 0.1) is 11.7 Å². The van der Waals surface area contributed by atoms with Crippen LogP contribution in [-0.4, -0.2) is 26.1 Å². The van der Waals surface area contributed by atoms with Gasteiger partial charge in [-0.25, -0.2) is 8.42 Å². The van der Waals surface area contributed by atoms with E-state index in [-0.39, 0.29) is 36.0 Å². The van der Waals surface area contributed by atoms with E-state index in [0.717, 1.165) is 19.3 Å². The molecule has 4 N–H and O–H groups in total. The van der Waals surface area contributed by atoms with Crippen molar-refractivity contribution < 1.29 is 13.2 Å². The maximum absolute atomic E-state index is 12.1. The smallest absolute Gasteiger partial charge is 0.232 e. The number of nitrogens with two attached hydrogens (primary N) is 1. The van der Waals surface area contributed by atoms with E-state index >= 15 is 0 Å². The Bertz CT molecular complexity index is 604. The van der Waals surface area contributed by atoms with E-state index in [1.807, 2.05) is 0 Å². The van der Waals surface area contributed by atoms with E-state index in [1.54, 1.807) is 31.2 Å². The van der Waals surface area contributed by atoms with Crippen molar-refractivity contribution in [3.63, 3.8) is 0 Å². The third kappa shape index (κ3) is 4.86. The van der Waals surface area contributed by atoms with Gasteiger partial charge < -0.3 is 11.1 Å². The molecule has 6 nitrogen and oxygen atoms in total. The standard InChI is InChI=1S/C14H21N3O3S.ClH/c1-2-21(19,20)17-11-8-6-10(7-9-11)16-14(18)12-4-3-5-13(12)15;/h6-9,12-13,17H,2-5,15H2,1H3,(H,16,18);1H. The van der Waals surface area contributed by atoms with Crippen molar-refractivity contribution in [1.82, 2.24) is 0 Å². The van der Waals surface area contributed by atoms with Crippen LogP contribution >= 0.6 is 12.4 Å². The van der Waals surface area contributed by atoms with E-state index in [4.69, 9.17) is 5.73 Å². The van der Waals surface area contributed by atoms with Crippen LogP contribution in [0.15, 0.2) is 24.3 Å². The van der Waals surface area contributed by atoms with Gasteiger partial charge in [0.25, 0.3) is 0 Å². The van der Waals surface area contributed by atoms with Gasteiger partial charge in [-0.2, -0.15) is 0 Å². The molecule has 2 rings (SSSR count). The predicted molar refractivity (Wildman–Crippen MR) is 90.7 cm³/mol. The first-order valence-corrected chi connectivity index (χ1v) is 8.73. The van der Waals surface area contributed by atoms with E-state index in [9.17, 15) is 13.2 Å². The fourth-order valence-electron chi connectivity index (χ4n) is 2.42. The lowest BCUT2D eigenvalue weighted by Gasteiger charge is -2.15. The Morgan fingerprint density at radius 3 is 2.32 bits per heavy atom. The number of carbonyl (C=O) groups excluding carboxylic acids is 1. The average molecular weight is 348 g/mol. The Balaban J connectivity index is 0.00000242. The number of carbonyl (C=O) groups is 1. The van der Waals surface area contributed by atoms with Crippen LogP contribution in [0, 0.1) is 5.92 Å². The zero-order valence-electron chi connectivity index (χ0n) is 12.4. The van der Waals surface area contributed by atoms with Gasteiger partial charge in [-0.15, -0.1) is 12.4 Å². The minimum Gasteiger partial charge on any atom is -0.327 e. The van der Waals surface area contributed by atoms with Gasteiger partial charge in [-0.05, 0) is 44.0 Å². The fourth-order valence-corrected chi connectivity index (χ4v) is 3.06. The molecule has 1 aromatic rings. The molecule has 22 heavy (non-hydrogen) atoms. The summed E-state index contributed by atoms with van der Waals surface area (Å²) in [4.78, 5) is 12.1. The zero-order chi connectivity index (χ0) is 15.5. The van der Waals surface area contributed by atoms with Gasteiger partial charge in [-0.1, -0.05) is 6.42 Å². The van der Waals surface area contributed by atoms with Crippen LogP contribution in [0.4, 0.5) is 11.4 Å². The van der Waals surface area contributed by atoms with Crippen molar-refractivity contribution in [2.45, 2.75) is 32.2 Å². The lowest BCUT2D eigenvalue weighted by atomic mass is 10.0. The molecular weight excluding hydrogens is 326 g/mol. The highest BCUT2D eigenvalue weighted by Crippen LogP contribution is 2.25. The predicted octanol–water partition coefficient (Wildman–Crippen LogP) is 1.94. The monoisotopic (exact) mass is 347 g/mol. The topological polar surface area (TPSA) is 101 Å². The first kappa shape index (κ1) is 18.7. The van der Waals surface area contributed by atoms with Gasteiger partial charge in [0.1, 0.15) is 0 Å². The highest BCUT2D eigenvalue weighted by Gasteiger charge is 2.30. The third-order valence-electron chi connectivity index (χ3n) is 3.71. The lowest BCUT2D eigenvalue weighted by molar-refractivity contribution is -0.120. The Kier molecular flexibility index (Phi) is 6.65. The maximum Gasteiger partial charge on any atom is 0.232 e. The Morgan fingerprint density at radius 1 is 1.23 bits per heavy atom. The number of benzene rings is 1. The normalized spacial score (nSPS) is 21.0. The number of hydrogen-bond donors (Lipinski definition) is 3. The SMILES string of the molecule is CCS(=O)(=O)Nc1ccc(NC(=O)C2CCCC2N)cc1.Cl. The molecule has 0 spiro atoms. The summed E-state index contributed by atoms with van der Waals surface area (Å²) in [5.41, 5.74) is 7.02. The molecule has 124 valence electrons. The lowest BCUT2D eigenvalue weighted by Crippen LogP contribution is -2.34. The molecule has 1 aromatic carbocycles. The summed E-state index contributed by atoms with van der Waals surface area (Å²) >= 11 is 0. The maximum atomic E-state index is 12.1. The molecule has 8 heteroatoms. The molecule has 0 aliphatic heterocycles. The molecular formula is C14H22ClN3O3S. The minimum atomic E-state index is -3.28. The number of hydrogen-bond acceptors (Lipinski definition) is 4. The summed E-state index contributed by atoms with van der Waals surface area (Å²) in [5.74, 6) is -0.185. The number of anilines is 2. The molecule has 1 fully saturated rings. The molecule has 0 bridgehead atoms. The van der Waals surface area contributed by atoms with Crippen LogP contribution < -0.4 is 15.8 Å². The van der Waals surface area contributed by atoms with Crippen molar-refractivity contribution in [3.8, 4) is 0 Å². The molecule has 0 heterocycles. The summed E-state index contributed by atoms with van der Waals surface area (Å²) < 4.78 is 25.3. The Hall–Kier alpha value is -1.31. The largest absolute Gasteiger partial charge is 0.327 e. The molecule has 1 aliphatic rings. The van der Waals surface area contributed by atoms with Gasteiger partial charge in [0.15, 0.2) is 0 Å². The van der Waals surface area contributed by atoms with Crippen molar-refractivity contribution in [2.24, 2.45) is 11.7 Å². The average Bonchev–Trinajstić information content (AvgIpc) is 2.87. The Labute approximate surface area is 137 Å². The molecule has 1 amide bonds. The summed E-state index contributed by atoms with van der Waals surface area (Å²) in [6, 6.07) is 6.52. The first-order chi connectivity index (χ1) is 9.91. The summed E-state index contributed by atoms with van der Waals surface area (Å²) in [5, 5.41) is 2.82. The summed E-state index contributed by atoms with van der Waals surface area (Å²) in [6.45, 7) is 1.57. The van der Waals surface area contributed by atoms with Crippen molar-refractivity contribution in [2.75, 3.05) is 15.8 Å². The van der Waals surface area contributed by atoms with Crippen molar-refractivity contribution in [3.05, 3.63) is 24.3 Å². The second kappa shape index (κ2) is 7.80. The van der Waals surface area contributed by atoms with Crippen LogP contribution in [0.3, 0.4) is 0 Å². The highest BCUT2D eigenvalue weighted by molar-refractivity contribution is 7.92. The second-order valence-corrected chi connectivity index (χ2v) is 7.28. The second-order valence-electron chi connectivity index (χ2n) is 5.27. The van der Waals surface area contributed by atoms with Crippen LogP contribution in [0.25, 0.3) is 0 Å². The van der Waals surface area contributed by atoms with E-state index in [1.165, 1.54) is 0 Å². The van der Waals surface area contributed by atoms with Crippen molar-refractivity contribution >= 4 is 39.7 Å². The van der Waals surface area contributed by atoms with E-state index in [2.05, 4.69) is 10.0 Å². The summed E-state index contributed by atoms with van der Waals surface area (Å²) in [6.07, 6.45) is 2.69. The van der Waals surface area contributed by atoms with Gasteiger partial charge >= 0.3 is 0 Å². The first-order valence-electron chi connectivity index (χ1n) is 7.08. The quantitative estimate of drug-likeness (QED) is 0.757. The number of halogens is 1. The van der Waals surface area contributed by atoms with Crippen LogP contribution in [0.2, 0.25) is 0 Å². The van der Waals surface area contributed by atoms with Crippen LogP contribution in [0.1, 0.15) is 26.2 Å². The van der Waals surface area contributed by atoms with E-state index < -0.39 is 10.0 Å².